The fourth-order valence-corrected chi connectivity index (χ4v) is 4.64. The molecule has 186 valence electrons. The molecule has 0 radical (unpaired) electrons. The van der Waals surface area contributed by atoms with Crippen molar-refractivity contribution < 1.29 is 9.53 Å². The topological polar surface area (TPSA) is 70.2 Å². The number of ether oxygens (including phenoxy) is 1. The Morgan fingerprint density at radius 2 is 1.78 bits per heavy atom. The number of benzene rings is 3. The number of aromatic nitrogens is 2. The number of rotatable bonds is 6. The summed E-state index contributed by atoms with van der Waals surface area (Å²) in [4.78, 5) is 13.9. The van der Waals surface area contributed by atoms with Crippen LogP contribution in [0.4, 0.5) is 5.69 Å². The predicted molar refractivity (Wildman–Crippen MR) is 145 cm³/mol. The Hall–Kier alpha value is -3.64. The van der Waals surface area contributed by atoms with Crippen LogP contribution in [0.3, 0.4) is 0 Å². The molecule has 1 saturated heterocycles. The number of nitrogens with one attached hydrogen (secondary N) is 2. The number of fused-ring (bicyclic) bond motifs is 1. The molecule has 6 heteroatoms. The summed E-state index contributed by atoms with van der Waals surface area (Å²) < 4.78 is 5.02. The first-order valence-corrected chi connectivity index (χ1v) is 12.9. The van der Waals surface area contributed by atoms with Crippen LogP contribution in [0.2, 0.25) is 0 Å². The van der Waals surface area contributed by atoms with Gasteiger partial charge in [0.05, 0.1) is 18.3 Å². The van der Waals surface area contributed by atoms with Crippen LogP contribution in [0.25, 0.3) is 22.2 Å². The molecular weight excluding hydrogens is 448 g/mol. The Labute approximate surface area is 212 Å². The van der Waals surface area contributed by atoms with Crippen LogP contribution in [-0.4, -0.2) is 41.2 Å². The molecule has 2 N–H and O–H groups in total. The number of piperidine rings is 1. The van der Waals surface area contributed by atoms with E-state index in [9.17, 15) is 4.79 Å². The lowest BCUT2D eigenvalue weighted by Gasteiger charge is -2.26. The summed E-state index contributed by atoms with van der Waals surface area (Å²) >= 11 is 0. The van der Waals surface area contributed by atoms with Crippen molar-refractivity contribution >= 4 is 22.5 Å². The van der Waals surface area contributed by atoms with E-state index in [1.165, 1.54) is 48.9 Å². The fourth-order valence-electron chi connectivity index (χ4n) is 4.64. The number of hydrogen-bond acceptors (Lipinski definition) is 4. The normalized spacial score (nSPS) is 15.7. The second-order valence-electron chi connectivity index (χ2n) is 9.65. The first kappa shape index (κ1) is 24.1. The minimum Gasteiger partial charge on any atom is -0.497 e. The smallest absolute Gasteiger partial charge is 0.227 e. The summed E-state index contributed by atoms with van der Waals surface area (Å²) in [6, 6.07) is 24.5. The molecule has 1 saturated carbocycles. The number of aromatic amines is 1. The van der Waals surface area contributed by atoms with Crippen molar-refractivity contribution in [2.45, 2.75) is 38.6 Å². The molecular formula is C30H34N4O2. The first-order chi connectivity index (χ1) is 17.7. The van der Waals surface area contributed by atoms with Crippen LogP contribution < -0.4 is 10.1 Å². The van der Waals surface area contributed by atoms with E-state index in [0.717, 1.165) is 42.0 Å². The Morgan fingerprint density at radius 3 is 2.53 bits per heavy atom. The van der Waals surface area contributed by atoms with E-state index in [-0.39, 0.29) is 11.8 Å². The second-order valence-corrected chi connectivity index (χ2v) is 9.65. The molecule has 0 unspecified atom stereocenters. The molecule has 0 spiro atoms. The maximum Gasteiger partial charge on any atom is 0.227 e. The molecule has 3 aromatic carbocycles. The Bertz CT molecular complexity index is 1290. The van der Waals surface area contributed by atoms with Gasteiger partial charge >= 0.3 is 0 Å². The number of hydrogen-bond donors (Lipinski definition) is 2. The molecule has 6 nitrogen and oxygen atoms in total. The summed E-state index contributed by atoms with van der Waals surface area (Å²) in [5.41, 5.74) is 5.57. The predicted octanol–water partition coefficient (Wildman–Crippen LogP) is 6.26. The van der Waals surface area contributed by atoms with Gasteiger partial charge in [-0.25, -0.2) is 0 Å². The Morgan fingerprint density at radius 1 is 1.00 bits per heavy atom. The highest BCUT2D eigenvalue weighted by atomic mass is 16.5. The zero-order chi connectivity index (χ0) is 24.7. The largest absolute Gasteiger partial charge is 0.497 e. The van der Waals surface area contributed by atoms with Crippen LogP contribution in [0, 0.1) is 5.92 Å². The summed E-state index contributed by atoms with van der Waals surface area (Å²) in [6.07, 6.45) is 6.12. The maximum absolute atomic E-state index is 11.4. The van der Waals surface area contributed by atoms with Gasteiger partial charge in [-0.1, -0.05) is 42.8 Å². The third-order valence-corrected chi connectivity index (χ3v) is 6.83. The third kappa shape index (κ3) is 6.13. The average Bonchev–Trinajstić information content (AvgIpc) is 3.69. The quantitative estimate of drug-likeness (QED) is 0.340. The Kier molecular flexibility index (Phi) is 7.62. The summed E-state index contributed by atoms with van der Waals surface area (Å²) in [7, 11) is 1.62. The summed E-state index contributed by atoms with van der Waals surface area (Å²) in [6.45, 7) is 3.52. The number of nitrogens with zero attached hydrogens (tertiary/aromatic N) is 2. The van der Waals surface area contributed by atoms with E-state index in [2.05, 4.69) is 62.9 Å². The van der Waals surface area contributed by atoms with Crippen LogP contribution in [0.1, 0.15) is 37.7 Å². The number of likely N-dealkylation sites (tertiary alicyclic amines) is 1. The zero-order valence-corrected chi connectivity index (χ0v) is 20.9. The van der Waals surface area contributed by atoms with Crippen LogP contribution in [0.15, 0.2) is 72.8 Å². The van der Waals surface area contributed by atoms with E-state index in [1.54, 1.807) is 7.11 Å². The van der Waals surface area contributed by atoms with E-state index in [1.807, 2.05) is 30.3 Å². The maximum atomic E-state index is 11.4. The van der Waals surface area contributed by atoms with Gasteiger partial charge in [0, 0.05) is 29.1 Å². The molecule has 2 aliphatic rings. The minimum atomic E-state index is 0.134. The number of methoxy groups -OCH3 is 1. The molecule has 1 aliphatic heterocycles. The number of carbonyl (C=O) groups is 1. The molecule has 2 heterocycles. The molecule has 36 heavy (non-hydrogen) atoms. The van der Waals surface area contributed by atoms with Crippen LogP contribution in [0.5, 0.6) is 5.75 Å². The summed E-state index contributed by atoms with van der Waals surface area (Å²) in [5, 5.41) is 11.7. The van der Waals surface area contributed by atoms with Gasteiger partial charge < -0.3 is 10.1 Å². The molecule has 4 aromatic rings. The highest BCUT2D eigenvalue weighted by Crippen LogP contribution is 2.30. The molecule has 0 bridgehead atoms. The van der Waals surface area contributed by atoms with Gasteiger partial charge in [-0.3, -0.25) is 14.8 Å². The van der Waals surface area contributed by atoms with Crippen molar-refractivity contribution in [2.24, 2.45) is 5.92 Å². The lowest BCUT2D eigenvalue weighted by molar-refractivity contribution is -0.117. The van der Waals surface area contributed by atoms with E-state index < -0.39 is 0 Å². The third-order valence-electron chi connectivity index (χ3n) is 6.83. The zero-order valence-electron chi connectivity index (χ0n) is 20.9. The van der Waals surface area contributed by atoms with Crippen LogP contribution in [-0.2, 0) is 11.3 Å². The fraction of sp³-hybridized carbons (Fsp3) is 0.333. The van der Waals surface area contributed by atoms with Crippen molar-refractivity contribution in [3.05, 3.63) is 78.4 Å². The van der Waals surface area contributed by atoms with E-state index >= 15 is 0 Å². The van der Waals surface area contributed by atoms with Crippen molar-refractivity contribution in [3.63, 3.8) is 0 Å². The van der Waals surface area contributed by atoms with Crippen molar-refractivity contribution in [1.82, 2.24) is 15.1 Å². The lowest BCUT2D eigenvalue weighted by atomic mass is 10.0. The molecule has 6 rings (SSSR count). The number of H-pyrrole nitrogens is 1. The van der Waals surface area contributed by atoms with Gasteiger partial charge in [0.15, 0.2) is 0 Å². The molecule has 1 amide bonds. The highest BCUT2D eigenvalue weighted by Gasteiger charge is 2.29. The monoisotopic (exact) mass is 482 g/mol. The number of para-hydroxylation sites is 1. The van der Waals surface area contributed by atoms with Gasteiger partial charge in [-0.2, -0.15) is 5.10 Å². The molecule has 1 aromatic heterocycles. The van der Waals surface area contributed by atoms with E-state index in [4.69, 9.17) is 4.74 Å². The average molecular weight is 483 g/mol. The Balaban J connectivity index is 0.000000165. The SMILES string of the molecule is COc1ccc(NC(=O)C2CC2)cc1.c1cc(CN2CCCCC2)cc(-c2n[nH]c3ccccc23)c1. The van der Waals surface area contributed by atoms with Crippen molar-refractivity contribution in [1.29, 1.82) is 0 Å². The summed E-state index contributed by atoms with van der Waals surface area (Å²) in [5.74, 6) is 1.18. The van der Waals surface area contributed by atoms with Gasteiger partial charge in [0.2, 0.25) is 5.91 Å². The molecule has 0 atom stereocenters. The first-order valence-electron chi connectivity index (χ1n) is 12.9. The van der Waals surface area contributed by atoms with Crippen molar-refractivity contribution in [3.8, 4) is 17.0 Å². The lowest BCUT2D eigenvalue weighted by Crippen LogP contribution is -2.29. The number of carbonyl (C=O) groups excluding carboxylic acids is 1. The van der Waals surface area contributed by atoms with Gasteiger partial charge in [0.1, 0.15) is 5.75 Å². The molecule has 1 aliphatic carbocycles. The van der Waals surface area contributed by atoms with Gasteiger partial charge in [-0.15, -0.1) is 0 Å². The van der Waals surface area contributed by atoms with Crippen molar-refractivity contribution in [2.75, 3.05) is 25.5 Å². The highest BCUT2D eigenvalue weighted by molar-refractivity contribution is 5.94. The number of amides is 1. The standard InChI is InChI=1S/C19H21N3.C11H13NO2/c1-4-11-22(12-5-1)14-15-7-6-8-16(13-15)19-17-9-2-3-10-18(17)20-21-19;1-14-10-6-4-9(5-7-10)12-11(13)8-2-3-8/h2-3,6-10,13H,1,4-5,11-12,14H2,(H,20,21);4-8H,2-3H2,1H3,(H,12,13). The van der Waals surface area contributed by atoms with E-state index in [0.29, 0.717) is 0 Å². The number of anilines is 1. The minimum absolute atomic E-state index is 0.134. The molecule has 2 fully saturated rings. The van der Waals surface area contributed by atoms with Gasteiger partial charge in [0.25, 0.3) is 0 Å². The van der Waals surface area contributed by atoms with Crippen LogP contribution >= 0.6 is 0 Å². The second kappa shape index (κ2) is 11.4. The van der Waals surface area contributed by atoms with Gasteiger partial charge in [-0.05, 0) is 80.7 Å².